The summed E-state index contributed by atoms with van der Waals surface area (Å²) in [5.74, 6) is 1.58. The second kappa shape index (κ2) is 10.5. The molecular formula is C31H36N4O2. The molecule has 1 aliphatic rings. The highest BCUT2D eigenvalue weighted by Crippen LogP contribution is 2.30. The highest BCUT2D eigenvalue weighted by Gasteiger charge is 2.25. The third-order valence-corrected chi connectivity index (χ3v) is 7.71. The Morgan fingerprint density at radius 1 is 1.19 bits per heavy atom. The number of fused-ring (bicyclic) bond motifs is 3. The van der Waals surface area contributed by atoms with Crippen LogP contribution in [0.2, 0.25) is 0 Å². The minimum Gasteiger partial charge on any atom is -0.381 e. The lowest BCUT2D eigenvalue weighted by Gasteiger charge is -2.30. The molecule has 2 unspecified atom stereocenters. The molecule has 0 aliphatic carbocycles. The predicted octanol–water partition coefficient (Wildman–Crippen LogP) is 6.19. The van der Waals surface area contributed by atoms with E-state index in [1.54, 1.807) is 6.33 Å². The molecule has 6 nitrogen and oxygen atoms in total. The van der Waals surface area contributed by atoms with Gasteiger partial charge in [0.15, 0.2) is 0 Å². The third kappa shape index (κ3) is 4.90. The van der Waals surface area contributed by atoms with Crippen molar-refractivity contribution in [1.82, 2.24) is 14.1 Å². The van der Waals surface area contributed by atoms with Crippen molar-refractivity contribution in [1.29, 1.82) is 0 Å². The van der Waals surface area contributed by atoms with Crippen LogP contribution < -0.4 is 5.56 Å². The SMILES string of the molecule is C=C(C=Nc1c(CCc2cc3c(=O)n(C4CCOCC4C)cnc3c3ccccc23)ccn1C)C(C)C. The van der Waals surface area contributed by atoms with Crippen LogP contribution in [0.4, 0.5) is 5.82 Å². The molecule has 1 aliphatic heterocycles. The van der Waals surface area contributed by atoms with Crippen LogP contribution in [0.3, 0.4) is 0 Å². The van der Waals surface area contributed by atoms with Gasteiger partial charge in [-0.2, -0.15) is 0 Å². The number of hydrogen-bond donors (Lipinski definition) is 0. The van der Waals surface area contributed by atoms with E-state index in [1.165, 1.54) is 5.56 Å². The Morgan fingerprint density at radius 3 is 2.70 bits per heavy atom. The van der Waals surface area contributed by atoms with E-state index in [-0.39, 0.29) is 17.5 Å². The monoisotopic (exact) mass is 496 g/mol. The van der Waals surface area contributed by atoms with Gasteiger partial charge in [0.2, 0.25) is 0 Å². The van der Waals surface area contributed by atoms with Gasteiger partial charge in [-0.15, -0.1) is 0 Å². The first-order valence-electron chi connectivity index (χ1n) is 13.2. The first-order chi connectivity index (χ1) is 17.8. The second-order valence-electron chi connectivity index (χ2n) is 10.6. The summed E-state index contributed by atoms with van der Waals surface area (Å²) in [6.45, 7) is 11.9. The second-order valence-corrected chi connectivity index (χ2v) is 10.6. The molecule has 3 heterocycles. The van der Waals surface area contributed by atoms with Crippen molar-refractivity contribution < 1.29 is 4.74 Å². The molecule has 37 heavy (non-hydrogen) atoms. The van der Waals surface area contributed by atoms with Gasteiger partial charge < -0.3 is 9.30 Å². The summed E-state index contributed by atoms with van der Waals surface area (Å²) in [6, 6.07) is 12.6. The molecule has 0 spiro atoms. The fourth-order valence-corrected chi connectivity index (χ4v) is 5.28. The summed E-state index contributed by atoms with van der Waals surface area (Å²) in [6.07, 6.45) is 8.12. The lowest BCUT2D eigenvalue weighted by atomic mass is 9.95. The number of hydrogen-bond acceptors (Lipinski definition) is 4. The number of nitrogens with zero attached hydrogens (tertiary/aromatic N) is 4. The largest absolute Gasteiger partial charge is 0.381 e. The molecular weight excluding hydrogens is 460 g/mol. The number of ether oxygens (including phenoxy) is 1. The summed E-state index contributed by atoms with van der Waals surface area (Å²) in [5.41, 5.74) is 4.16. The Morgan fingerprint density at radius 2 is 1.95 bits per heavy atom. The number of aliphatic imine (C=N–C) groups is 1. The number of allylic oxidation sites excluding steroid dienone is 1. The maximum absolute atomic E-state index is 13.8. The summed E-state index contributed by atoms with van der Waals surface area (Å²) in [5, 5.41) is 2.86. The molecule has 1 fully saturated rings. The van der Waals surface area contributed by atoms with E-state index >= 15 is 0 Å². The van der Waals surface area contributed by atoms with Crippen molar-refractivity contribution in [2.45, 2.75) is 46.1 Å². The molecule has 2 aromatic heterocycles. The molecule has 6 heteroatoms. The van der Waals surface area contributed by atoms with Crippen LogP contribution >= 0.6 is 0 Å². The summed E-state index contributed by atoms with van der Waals surface area (Å²) >= 11 is 0. The van der Waals surface area contributed by atoms with Crippen molar-refractivity contribution in [3.63, 3.8) is 0 Å². The molecule has 0 saturated carbocycles. The van der Waals surface area contributed by atoms with Gasteiger partial charge >= 0.3 is 0 Å². The van der Waals surface area contributed by atoms with Crippen LogP contribution in [-0.2, 0) is 24.6 Å². The summed E-state index contributed by atoms with van der Waals surface area (Å²) < 4.78 is 9.50. The van der Waals surface area contributed by atoms with Crippen molar-refractivity contribution in [3.8, 4) is 0 Å². The Kier molecular flexibility index (Phi) is 7.11. The van der Waals surface area contributed by atoms with Crippen molar-refractivity contribution in [3.05, 3.63) is 82.6 Å². The molecule has 0 amide bonds. The Hall–Kier alpha value is -3.51. The zero-order valence-electron chi connectivity index (χ0n) is 22.3. The van der Waals surface area contributed by atoms with Crippen molar-refractivity contribution in [2.75, 3.05) is 13.2 Å². The fraction of sp³-hybridized carbons (Fsp3) is 0.387. The molecule has 192 valence electrons. The van der Waals surface area contributed by atoms with Crippen LogP contribution in [0.1, 0.15) is 44.4 Å². The van der Waals surface area contributed by atoms with E-state index in [0.717, 1.165) is 52.5 Å². The van der Waals surface area contributed by atoms with Gasteiger partial charge in [-0.1, -0.05) is 51.6 Å². The molecule has 2 aromatic carbocycles. The molecule has 0 bridgehead atoms. The third-order valence-electron chi connectivity index (χ3n) is 7.71. The molecule has 2 atom stereocenters. The molecule has 5 rings (SSSR count). The van der Waals surface area contributed by atoms with Crippen LogP contribution in [0.15, 0.2) is 70.9 Å². The minimum absolute atomic E-state index is 0.0351. The van der Waals surface area contributed by atoms with Gasteiger partial charge in [0.25, 0.3) is 5.56 Å². The van der Waals surface area contributed by atoms with E-state index in [9.17, 15) is 4.79 Å². The van der Waals surface area contributed by atoms with E-state index in [0.29, 0.717) is 24.5 Å². The highest BCUT2D eigenvalue weighted by atomic mass is 16.5. The topological polar surface area (TPSA) is 61.4 Å². The molecule has 4 aromatic rings. The molecule has 1 saturated heterocycles. The maximum atomic E-state index is 13.8. The van der Waals surface area contributed by atoms with Crippen LogP contribution in [0.25, 0.3) is 21.7 Å². The zero-order valence-corrected chi connectivity index (χ0v) is 22.3. The number of aryl methyl sites for hydroxylation is 3. The first-order valence-corrected chi connectivity index (χ1v) is 13.2. The lowest BCUT2D eigenvalue weighted by molar-refractivity contribution is 0.0275. The molecule has 0 N–H and O–H groups in total. The maximum Gasteiger partial charge on any atom is 0.261 e. The van der Waals surface area contributed by atoms with Crippen LogP contribution in [0.5, 0.6) is 0 Å². The summed E-state index contributed by atoms with van der Waals surface area (Å²) in [7, 11) is 2.02. The Labute approximate surface area is 218 Å². The smallest absolute Gasteiger partial charge is 0.261 e. The quantitative estimate of drug-likeness (QED) is 0.227. The number of benzene rings is 2. The van der Waals surface area contributed by atoms with Gasteiger partial charge in [0.05, 0.1) is 23.8 Å². The van der Waals surface area contributed by atoms with E-state index < -0.39 is 0 Å². The zero-order chi connectivity index (χ0) is 26.1. The van der Waals surface area contributed by atoms with Gasteiger partial charge in [-0.25, -0.2) is 9.98 Å². The van der Waals surface area contributed by atoms with Gasteiger partial charge in [0.1, 0.15) is 5.82 Å². The van der Waals surface area contributed by atoms with Crippen LogP contribution in [0, 0.1) is 11.8 Å². The standard InChI is InChI=1S/C31H36N4O2/c1-20(2)21(3)17-32-30-23(12-14-34(30)5)10-11-24-16-27-29(26-9-7-6-8-25(24)26)33-19-35(31(27)36)28-13-15-37-18-22(28)4/h6-9,12,14,16-17,19-20,22,28H,3,10-11,13,15,18H2,1-2,4-5H3. The van der Waals surface area contributed by atoms with E-state index in [2.05, 4.69) is 68.4 Å². The molecule has 0 radical (unpaired) electrons. The van der Waals surface area contributed by atoms with E-state index in [1.807, 2.05) is 23.9 Å². The van der Waals surface area contributed by atoms with Crippen molar-refractivity contribution >= 4 is 33.7 Å². The average molecular weight is 497 g/mol. The minimum atomic E-state index is 0.0351. The predicted molar refractivity (Wildman–Crippen MR) is 152 cm³/mol. The van der Waals surface area contributed by atoms with Gasteiger partial charge in [0, 0.05) is 43.4 Å². The van der Waals surface area contributed by atoms with E-state index in [4.69, 9.17) is 14.7 Å². The highest BCUT2D eigenvalue weighted by molar-refractivity contribution is 6.06. The first kappa shape index (κ1) is 25.2. The van der Waals surface area contributed by atoms with Crippen molar-refractivity contribution in [2.24, 2.45) is 23.9 Å². The lowest BCUT2D eigenvalue weighted by Crippen LogP contribution is -2.34. The number of aromatic nitrogens is 3. The number of rotatable bonds is 7. The van der Waals surface area contributed by atoms with Gasteiger partial charge in [-0.3, -0.25) is 9.36 Å². The fourth-order valence-electron chi connectivity index (χ4n) is 5.28. The summed E-state index contributed by atoms with van der Waals surface area (Å²) in [4.78, 5) is 23.3. The normalized spacial score (nSPS) is 18.4. The Bertz CT molecular complexity index is 1540. The van der Waals surface area contributed by atoms with Gasteiger partial charge in [-0.05, 0) is 59.4 Å². The average Bonchev–Trinajstić information content (AvgIpc) is 3.25. The van der Waals surface area contributed by atoms with Crippen LogP contribution in [-0.4, -0.2) is 33.5 Å². The Balaban J connectivity index is 1.53.